The van der Waals surface area contributed by atoms with Crippen LogP contribution in [0.3, 0.4) is 0 Å². The molecule has 0 spiro atoms. The van der Waals surface area contributed by atoms with E-state index in [0.29, 0.717) is 5.92 Å². The van der Waals surface area contributed by atoms with Gasteiger partial charge in [0.15, 0.2) is 0 Å². The van der Waals surface area contributed by atoms with Gasteiger partial charge >= 0.3 is 0 Å². The number of piperidine rings is 1. The third-order valence-corrected chi connectivity index (χ3v) is 23.1. The number of rotatable bonds is 3. The summed E-state index contributed by atoms with van der Waals surface area (Å²) in [6, 6.07) is 57.2. The molecule has 1 saturated heterocycles. The number of fused-ring (bicyclic) bond motifs is 11. The lowest BCUT2D eigenvalue weighted by Gasteiger charge is -2.64. The molecule has 412 valence electrons. The van der Waals surface area contributed by atoms with Crippen molar-refractivity contribution in [1.29, 1.82) is 0 Å². The second-order valence-corrected chi connectivity index (χ2v) is 29.8. The van der Waals surface area contributed by atoms with Gasteiger partial charge in [0.1, 0.15) is 0 Å². The molecule has 8 aliphatic rings. The van der Waals surface area contributed by atoms with Gasteiger partial charge in [-0.1, -0.05) is 193 Å². The zero-order valence-corrected chi connectivity index (χ0v) is 50.9. The molecule has 4 nitrogen and oxygen atoms in total. The lowest BCUT2D eigenvalue weighted by atomic mass is 9.51. The van der Waals surface area contributed by atoms with Crippen molar-refractivity contribution < 1.29 is 0 Å². The zero-order valence-electron chi connectivity index (χ0n) is 50.9. The number of para-hydroxylation sites is 4. The van der Waals surface area contributed by atoms with Gasteiger partial charge in [-0.2, -0.15) is 0 Å². The number of hydrogen-bond acceptors (Lipinski definition) is 3. The van der Waals surface area contributed by atoms with Crippen molar-refractivity contribution in [2.45, 2.75) is 143 Å². The Balaban J connectivity index is 0.941. The summed E-state index contributed by atoms with van der Waals surface area (Å²) in [6.07, 6.45) is 10.4. The molecule has 4 unspecified atom stereocenters. The fourth-order valence-corrected chi connectivity index (χ4v) is 18.6. The molecule has 0 bridgehead atoms. The van der Waals surface area contributed by atoms with Gasteiger partial charge in [0, 0.05) is 85.5 Å². The maximum Gasteiger partial charge on any atom is 0.0717 e. The van der Waals surface area contributed by atoms with Crippen molar-refractivity contribution in [1.82, 2.24) is 9.47 Å². The molecule has 82 heavy (non-hydrogen) atoms. The number of allylic oxidation sites excluding steroid dienone is 5. The molecule has 1 fully saturated rings. The Kier molecular flexibility index (Phi) is 9.88. The fraction of sp³-hybridized carbons (Fsp3) is 0.359. The molecule has 2 aliphatic carbocycles. The number of anilines is 5. The first-order valence-electron chi connectivity index (χ1n) is 30.9. The van der Waals surface area contributed by atoms with Crippen molar-refractivity contribution in [2.24, 2.45) is 22.7 Å². The normalized spacial score (nSPS) is 25.6. The Bertz CT molecular complexity index is 4220. The summed E-state index contributed by atoms with van der Waals surface area (Å²) in [5.74, 6) is 0.513. The van der Waals surface area contributed by atoms with Crippen LogP contribution < -0.4 is 9.80 Å². The second-order valence-electron chi connectivity index (χ2n) is 29.8. The van der Waals surface area contributed by atoms with Crippen LogP contribution in [0, 0.1) is 22.7 Å². The van der Waals surface area contributed by atoms with Gasteiger partial charge in [0.2, 0.25) is 0 Å². The standard InChI is InChI=1S/C78H80N4/c1-46-66(45-57-71-69(46)73(4,5)36-38-79(71)37-35-72(57,2)3)80-60-33-31-47(49-41-58-70-59(42-49)75(8,9)54-24-16-20-28-63(54)81(70)62-27-19-15-23-53(62)74(58,6)7)39-51(60)52-40-48(32-34-61(52)80)50-43-67-76(10,11)55-25-17-21-29-64(55)82-65-30-22-18-26-56(65)77(12,13)68(44-50)78(67,82)14/h15-34,39-46,66-67H,35-38H2,1-14H3. The highest BCUT2D eigenvalue weighted by Gasteiger charge is 2.61. The third kappa shape index (κ3) is 6.24. The third-order valence-electron chi connectivity index (χ3n) is 23.1. The van der Waals surface area contributed by atoms with Crippen LogP contribution in [0.2, 0.25) is 0 Å². The van der Waals surface area contributed by atoms with Crippen LogP contribution in [-0.2, 0) is 21.7 Å². The molecule has 0 saturated carbocycles. The minimum atomic E-state index is -0.277. The van der Waals surface area contributed by atoms with Gasteiger partial charge in [-0.3, -0.25) is 0 Å². The first-order chi connectivity index (χ1) is 39.0. The minimum absolute atomic E-state index is 0.0821. The van der Waals surface area contributed by atoms with Crippen LogP contribution in [0.25, 0.3) is 38.5 Å². The Morgan fingerprint density at radius 2 is 0.963 bits per heavy atom. The molecule has 6 aliphatic heterocycles. The van der Waals surface area contributed by atoms with E-state index in [1.54, 1.807) is 16.8 Å². The molecule has 1 aromatic heterocycles. The molecule has 4 heteroatoms. The molecular weight excluding hydrogens is 993 g/mol. The maximum absolute atomic E-state index is 2.79. The van der Waals surface area contributed by atoms with Crippen molar-refractivity contribution >= 4 is 55.8 Å². The molecule has 4 atom stereocenters. The van der Waals surface area contributed by atoms with Crippen LogP contribution in [0.5, 0.6) is 0 Å². The van der Waals surface area contributed by atoms with E-state index in [-0.39, 0.29) is 50.0 Å². The lowest BCUT2D eigenvalue weighted by Crippen LogP contribution is -2.65. The van der Waals surface area contributed by atoms with Crippen molar-refractivity contribution in [3.05, 3.63) is 225 Å². The van der Waals surface area contributed by atoms with Crippen LogP contribution in [-0.4, -0.2) is 28.1 Å². The number of aromatic nitrogens is 1. The summed E-state index contributed by atoms with van der Waals surface area (Å²) < 4.78 is 2.79. The van der Waals surface area contributed by atoms with Gasteiger partial charge in [0.05, 0.1) is 28.6 Å². The maximum atomic E-state index is 2.79. The van der Waals surface area contributed by atoms with Crippen LogP contribution >= 0.6 is 0 Å². The number of nitrogens with zero attached hydrogens (tertiary/aromatic N) is 4. The molecule has 16 rings (SSSR count). The van der Waals surface area contributed by atoms with E-state index in [9.17, 15) is 0 Å². The van der Waals surface area contributed by atoms with Crippen molar-refractivity contribution in [2.75, 3.05) is 22.9 Å². The number of hydrogen-bond donors (Lipinski definition) is 0. The topological polar surface area (TPSA) is 14.7 Å². The van der Waals surface area contributed by atoms with E-state index in [1.807, 2.05) is 0 Å². The first-order valence-corrected chi connectivity index (χ1v) is 30.9. The quantitative estimate of drug-likeness (QED) is 0.175. The molecule has 0 N–H and O–H groups in total. The van der Waals surface area contributed by atoms with Crippen molar-refractivity contribution in [3.8, 4) is 11.1 Å². The monoisotopic (exact) mass is 1070 g/mol. The van der Waals surface area contributed by atoms with E-state index >= 15 is 0 Å². The summed E-state index contributed by atoms with van der Waals surface area (Å²) in [5.41, 5.74) is 28.1. The van der Waals surface area contributed by atoms with Crippen LogP contribution in [0.15, 0.2) is 186 Å². The molecule has 7 heterocycles. The fourth-order valence-electron chi connectivity index (χ4n) is 18.6. The molecule has 0 amide bonds. The summed E-state index contributed by atoms with van der Waals surface area (Å²) in [5, 5.41) is 2.66. The van der Waals surface area contributed by atoms with Crippen molar-refractivity contribution in [3.63, 3.8) is 0 Å². The SMILES string of the molecule is CC1C2=C3C(=CC1n1c4ccc(C5=CC6C(C)(C)c7ccccc7N7c8ccccc8C(C)(C)C(=C5)C67C)cc4c4cc(-c5cc6c7c(c5)C(C)(C)c5ccccc5N7c5ccccc5C6(C)C)ccc41)C(C)(C)CCN3CCC2(C)C. The molecular formula is C78H80N4. The van der Waals surface area contributed by atoms with Crippen LogP contribution in [0.4, 0.5) is 28.4 Å². The molecule has 7 aromatic carbocycles. The lowest BCUT2D eigenvalue weighted by molar-refractivity contribution is 0.160. The Morgan fingerprint density at radius 1 is 0.463 bits per heavy atom. The Labute approximate surface area is 487 Å². The average molecular weight is 1070 g/mol. The van der Waals surface area contributed by atoms with Gasteiger partial charge in [-0.15, -0.1) is 0 Å². The Hall–Kier alpha value is -7.30. The molecule has 8 aromatic rings. The summed E-state index contributed by atoms with van der Waals surface area (Å²) in [6.45, 7) is 37.3. The van der Waals surface area contributed by atoms with E-state index in [2.05, 4.69) is 280 Å². The Morgan fingerprint density at radius 3 is 1.56 bits per heavy atom. The van der Waals surface area contributed by atoms with Gasteiger partial charge in [-0.05, 0) is 164 Å². The van der Waals surface area contributed by atoms with E-state index in [4.69, 9.17) is 0 Å². The van der Waals surface area contributed by atoms with Crippen LogP contribution in [0.1, 0.15) is 155 Å². The summed E-state index contributed by atoms with van der Waals surface area (Å²) >= 11 is 0. The first kappa shape index (κ1) is 50.4. The number of benzene rings is 7. The van der Waals surface area contributed by atoms with Gasteiger partial charge in [-0.25, -0.2) is 0 Å². The average Bonchev–Trinajstić information content (AvgIpc) is 0.850. The van der Waals surface area contributed by atoms with E-state index in [0.717, 1.165) is 13.1 Å². The van der Waals surface area contributed by atoms with Gasteiger partial charge in [0.25, 0.3) is 0 Å². The minimum Gasteiger partial charge on any atom is -0.371 e. The summed E-state index contributed by atoms with van der Waals surface area (Å²) in [7, 11) is 0. The largest absolute Gasteiger partial charge is 0.371 e. The predicted molar refractivity (Wildman–Crippen MR) is 345 cm³/mol. The molecule has 0 radical (unpaired) electrons. The smallest absolute Gasteiger partial charge is 0.0717 e. The van der Waals surface area contributed by atoms with Gasteiger partial charge < -0.3 is 19.3 Å². The highest BCUT2D eigenvalue weighted by atomic mass is 15.2. The summed E-state index contributed by atoms with van der Waals surface area (Å²) in [4.78, 5) is 8.07. The zero-order chi connectivity index (χ0) is 56.7. The predicted octanol–water partition coefficient (Wildman–Crippen LogP) is 19.9. The van der Waals surface area contributed by atoms with E-state index in [1.165, 1.54) is 124 Å². The highest BCUT2D eigenvalue weighted by Crippen LogP contribution is 2.66. The second kappa shape index (κ2) is 16.1. The van der Waals surface area contributed by atoms with E-state index < -0.39 is 0 Å². The highest BCUT2D eigenvalue weighted by molar-refractivity contribution is 6.11.